The molecule has 5 heteroatoms. The summed E-state index contributed by atoms with van der Waals surface area (Å²) in [4.78, 5) is 10.8. The highest BCUT2D eigenvalue weighted by atomic mass is 19.1. The van der Waals surface area contributed by atoms with Crippen LogP contribution in [0.3, 0.4) is 0 Å². The SMILES string of the molecule is COC(=O)Cc1cc(F)c(C#N)c(F)c1. The van der Waals surface area contributed by atoms with Crippen LogP contribution in [0.1, 0.15) is 11.1 Å². The van der Waals surface area contributed by atoms with Crippen LogP contribution in [0, 0.1) is 23.0 Å². The van der Waals surface area contributed by atoms with Gasteiger partial charge in [0.05, 0.1) is 13.5 Å². The summed E-state index contributed by atoms with van der Waals surface area (Å²) in [7, 11) is 1.18. The Morgan fingerprint density at radius 1 is 1.47 bits per heavy atom. The number of hydrogen-bond acceptors (Lipinski definition) is 3. The van der Waals surface area contributed by atoms with E-state index in [0.717, 1.165) is 12.1 Å². The molecule has 0 amide bonds. The van der Waals surface area contributed by atoms with Crippen molar-refractivity contribution in [2.24, 2.45) is 0 Å². The molecule has 0 atom stereocenters. The number of esters is 1. The van der Waals surface area contributed by atoms with Gasteiger partial charge in [0.15, 0.2) is 0 Å². The summed E-state index contributed by atoms with van der Waals surface area (Å²) in [5.74, 6) is -2.55. The van der Waals surface area contributed by atoms with Gasteiger partial charge in [-0.05, 0) is 17.7 Å². The molecular formula is C10H7F2NO2. The summed E-state index contributed by atoms with van der Waals surface area (Å²) in [5.41, 5.74) is -0.514. The largest absolute Gasteiger partial charge is 0.469 e. The topological polar surface area (TPSA) is 50.1 Å². The monoisotopic (exact) mass is 211 g/mol. The minimum atomic E-state index is -0.976. The fraction of sp³-hybridized carbons (Fsp3) is 0.200. The molecule has 0 aliphatic rings. The van der Waals surface area contributed by atoms with Crippen LogP contribution in [0.4, 0.5) is 8.78 Å². The van der Waals surface area contributed by atoms with Gasteiger partial charge < -0.3 is 4.74 Å². The molecule has 0 fully saturated rings. The highest BCUT2D eigenvalue weighted by Crippen LogP contribution is 2.15. The first-order valence-corrected chi connectivity index (χ1v) is 4.03. The van der Waals surface area contributed by atoms with Crippen LogP contribution in [0.15, 0.2) is 12.1 Å². The van der Waals surface area contributed by atoms with E-state index in [1.165, 1.54) is 13.2 Å². The number of rotatable bonds is 2. The Balaban J connectivity index is 3.05. The lowest BCUT2D eigenvalue weighted by molar-refractivity contribution is -0.139. The third-order valence-electron chi connectivity index (χ3n) is 1.79. The first-order valence-electron chi connectivity index (χ1n) is 4.03. The molecule has 3 nitrogen and oxygen atoms in total. The fourth-order valence-corrected chi connectivity index (χ4v) is 1.07. The van der Waals surface area contributed by atoms with Gasteiger partial charge in [-0.1, -0.05) is 0 Å². The molecular weight excluding hydrogens is 204 g/mol. The number of benzene rings is 1. The van der Waals surface area contributed by atoms with Crippen molar-refractivity contribution in [1.82, 2.24) is 0 Å². The number of methoxy groups -OCH3 is 1. The molecule has 0 unspecified atom stereocenters. The van der Waals surface area contributed by atoms with E-state index in [1.807, 2.05) is 0 Å². The molecule has 1 aromatic carbocycles. The molecule has 0 bridgehead atoms. The zero-order valence-corrected chi connectivity index (χ0v) is 7.88. The van der Waals surface area contributed by atoms with Crippen LogP contribution >= 0.6 is 0 Å². The Labute approximate surface area is 84.9 Å². The van der Waals surface area contributed by atoms with Gasteiger partial charge in [-0.2, -0.15) is 5.26 Å². The summed E-state index contributed by atoms with van der Waals surface area (Å²) >= 11 is 0. The van der Waals surface area contributed by atoms with Crippen molar-refractivity contribution in [3.63, 3.8) is 0 Å². The number of hydrogen-bond donors (Lipinski definition) is 0. The standard InChI is InChI=1S/C10H7F2NO2/c1-15-10(14)4-6-2-8(11)7(5-13)9(12)3-6/h2-3H,4H2,1H3. The lowest BCUT2D eigenvalue weighted by atomic mass is 10.1. The highest BCUT2D eigenvalue weighted by Gasteiger charge is 2.12. The molecule has 15 heavy (non-hydrogen) atoms. The minimum Gasteiger partial charge on any atom is -0.469 e. The van der Waals surface area contributed by atoms with Gasteiger partial charge in [0, 0.05) is 0 Å². The van der Waals surface area contributed by atoms with Crippen molar-refractivity contribution in [3.8, 4) is 6.07 Å². The fourth-order valence-electron chi connectivity index (χ4n) is 1.07. The molecule has 0 spiro atoms. The highest BCUT2D eigenvalue weighted by molar-refractivity contribution is 5.72. The van der Waals surface area contributed by atoms with E-state index >= 15 is 0 Å². The Morgan fingerprint density at radius 2 is 2.00 bits per heavy atom. The Hall–Kier alpha value is -1.96. The molecule has 0 aromatic heterocycles. The van der Waals surface area contributed by atoms with E-state index in [-0.39, 0.29) is 12.0 Å². The molecule has 0 aliphatic carbocycles. The maximum Gasteiger partial charge on any atom is 0.309 e. The number of nitrogens with zero attached hydrogens (tertiary/aromatic N) is 1. The second-order valence-electron chi connectivity index (χ2n) is 2.80. The average Bonchev–Trinajstić information content (AvgIpc) is 2.17. The van der Waals surface area contributed by atoms with Crippen molar-refractivity contribution in [2.45, 2.75) is 6.42 Å². The van der Waals surface area contributed by atoms with Gasteiger partial charge in [0.2, 0.25) is 0 Å². The predicted molar refractivity (Wildman–Crippen MR) is 46.8 cm³/mol. The van der Waals surface area contributed by atoms with Gasteiger partial charge in [-0.3, -0.25) is 4.79 Å². The van der Waals surface area contributed by atoms with Gasteiger partial charge >= 0.3 is 5.97 Å². The second kappa shape index (κ2) is 4.51. The molecule has 1 rings (SSSR count). The maximum atomic E-state index is 13.1. The normalized spacial score (nSPS) is 9.47. The predicted octanol–water partition coefficient (Wildman–Crippen LogP) is 1.55. The van der Waals surface area contributed by atoms with E-state index in [4.69, 9.17) is 5.26 Å². The van der Waals surface area contributed by atoms with Crippen molar-refractivity contribution in [3.05, 3.63) is 34.9 Å². The first-order chi connectivity index (χ1) is 7.08. The Kier molecular flexibility index (Phi) is 3.34. The molecule has 0 aliphatic heterocycles. The summed E-state index contributed by atoms with van der Waals surface area (Å²) in [6.07, 6.45) is -0.226. The number of ether oxygens (including phenoxy) is 1. The second-order valence-corrected chi connectivity index (χ2v) is 2.80. The van der Waals surface area contributed by atoms with E-state index in [2.05, 4.69) is 4.74 Å². The molecule has 0 saturated carbocycles. The Bertz CT molecular complexity index is 415. The molecule has 78 valence electrons. The smallest absolute Gasteiger partial charge is 0.309 e. The summed E-state index contributed by atoms with van der Waals surface area (Å²) in [6, 6.07) is 3.28. The van der Waals surface area contributed by atoms with Gasteiger partial charge in [0.1, 0.15) is 23.3 Å². The van der Waals surface area contributed by atoms with Crippen molar-refractivity contribution in [1.29, 1.82) is 5.26 Å². The van der Waals surface area contributed by atoms with Crippen LogP contribution in [-0.4, -0.2) is 13.1 Å². The molecule has 0 saturated heterocycles. The minimum absolute atomic E-state index is 0.135. The summed E-state index contributed by atoms with van der Waals surface area (Å²) in [5, 5.41) is 8.40. The van der Waals surface area contributed by atoms with Crippen molar-refractivity contribution >= 4 is 5.97 Å². The molecule has 0 N–H and O–H groups in total. The zero-order chi connectivity index (χ0) is 11.4. The average molecular weight is 211 g/mol. The molecule has 1 aromatic rings. The number of halogens is 2. The number of carbonyl (C=O) groups excluding carboxylic acids is 1. The molecule has 0 heterocycles. The Morgan fingerprint density at radius 3 is 2.40 bits per heavy atom. The van der Waals surface area contributed by atoms with Crippen LogP contribution in [0.25, 0.3) is 0 Å². The molecule has 0 radical (unpaired) electrons. The third kappa shape index (κ3) is 2.50. The van der Waals surface area contributed by atoms with Gasteiger partial charge in [-0.25, -0.2) is 8.78 Å². The van der Waals surface area contributed by atoms with Crippen LogP contribution in [0.2, 0.25) is 0 Å². The lowest BCUT2D eigenvalue weighted by Crippen LogP contribution is -2.06. The van der Waals surface area contributed by atoms with Gasteiger partial charge in [0.25, 0.3) is 0 Å². The van der Waals surface area contributed by atoms with E-state index < -0.39 is 23.2 Å². The van der Waals surface area contributed by atoms with Crippen molar-refractivity contribution < 1.29 is 18.3 Å². The van der Waals surface area contributed by atoms with Crippen LogP contribution in [0.5, 0.6) is 0 Å². The van der Waals surface area contributed by atoms with Crippen LogP contribution < -0.4 is 0 Å². The summed E-state index contributed by atoms with van der Waals surface area (Å²) < 4.78 is 30.4. The van der Waals surface area contributed by atoms with E-state index in [9.17, 15) is 13.6 Å². The maximum absolute atomic E-state index is 13.1. The zero-order valence-electron chi connectivity index (χ0n) is 7.88. The van der Waals surface area contributed by atoms with Crippen LogP contribution in [-0.2, 0) is 16.0 Å². The summed E-state index contributed by atoms with van der Waals surface area (Å²) in [6.45, 7) is 0. The number of nitriles is 1. The van der Waals surface area contributed by atoms with Gasteiger partial charge in [-0.15, -0.1) is 0 Å². The first kappa shape index (κ1) is 11.1. The lowest BCUT2D eigenvalue weighted by Gasteiger charge is -2.02. The quantitative estimate of drug-likeness (QED) is 0.697. The number of carbonyl (C=O) groups is 1. The van der Waals surface area contributed by atoms with E-state index in [1.54, 1.807) is 0 Å². The van der Waals surface area contributed by atoms with E-state index in [0.29, 0.717) is 0 Å². The van der Waals surface area contributed by atoms with Crippen molar-refractivity contribution in [2.75, 3.05) is 7.11 Å². The third-order valence-corrected chi connectivity index (χ3v) is 1.79.